The third-order valence-corrected chi connectivity index (χ3v) is 13.4. The lowest BCUT2D eigenvalue weighted by atomic mass is 9.88. The summed E-state index contributed by atoms with van der Waals surface area (Å²) in [5.41, 5.74) is -3.22. The second-order valence-corrected chi connectivity index (χ2v) is 17.7. The zero-order chi connectivity index (χ0) is 41.0. The normalized spacial score (nSPS) is 29.8. The summed E-state index contributed by atoms with van der Waals surface area (Å²) < 4.78 is 84.9. The smallest absolute Gasteiger partial charge is 0.438 e. The minimum absolute atomic E-state index is 0.0128. The number of fused-ring (bicyclic) bond motifs is 3. The molecule has 56 heavy (non-hydrogen) atoms. The second-order valence-electron chi connectivity index (χ2n) is 15.5. The zero-order valence-electron chi connectivity index (χ0n) is 31.4. The molecule has 0 bridgehead atoms. The molecule has 0 radical (unpaired) electrons. The third kappa shape index (κ3) is 8.02. The molecule has 1 aromatic carbocycles. The molecular formula is C36H45F3N6O10S. The number of allylic oxidation sites excluding steroid dienone is 1. The maximum Gasteiger partial charge on any atom is 0.438 e. The minimum atomic E-state index is -4.87. The van der Waals surface area contributed by atoms with Crippen molar-refractivity contribution in [3.63, 3.8) is 0 Å². The lowest BCUT2D eigenvalue weighted by molar-refractivity contribution is -0.142. The van der Waals surface area contributed by atoms with Crippen LogP contribution in [0.15, 0.2) is 24.3 Å². The molecule has 3 heterocycles. The van der Waals surface area contributed by atoms with Gasteiger partial charge in [-0.15, -0.1) is 0 Å². The van der Waals surface area contributed by atoms with Crippen LogP contribution in [0, 0.1) is 17.8 Å². The number of halogens is 3. The van der Waals surface area contributed by atoms with E-state index in [9.17, 15) is 45.9 Å². The van der Waals surface area contributed by atoms with Gasteiger partial charge >= 0.3 is 12.3 Å². The fourth-order valence-electron chi connectivity index (χ4n) is 7.54. The molecular weight excluding hydrogens is 765 g/mol. The highest BCUT2D eigenvalue weighted by Gasteiger charge is 2.63. The highest BCUT2D eigenvalue weighted by Crippen LogP contribution is 2.48. The highest BCUT2D eigenvalue weighted by molar-refractivity contribution is 7.91. The number of benzene rings is 1. The van der Waals surface area contributed by atoms with E-state index in [1.807, 2.05) is 13.0 Å². The first-order valence-corrected chi connectivity index (χ1v) is 19.7. The molecule has 4 amide bonds. The standard InChI is InChI=1S/C36H45F3N6O10S/c1-18-8-6-7-9-20-16-35(20,32(48)44-56(51,52)34(3)10-11-34)43-29(46)24-13-21(17-45(24)31(47)27(19(2)12-18)42-33(49)50)55-26-15-23-22(14-25(26)53-4)40-28(36(37,38)39)30(41-23)54-5/h7,9,14-15,18-21,24,27,42H,6,8,10-13,16-17H2,1-5H3,(H,43,46)(H,44,48)(H,49,50)/b9-7-/t18-,19-,20?,21-,24+,27+,35?/m1/s1. The summed E-state index contributed by atoms with van der Waals surface area (Å²) in [6.45, 7) is 4.97. The van der Waals surface area contributed by atoms with Crippen LogP contribution in [0.4, 0.5) is 18.0 Å². The summed E-state index contributed by atoms with van der Waals surface area (Å²) in [5.74, 6) is -4.26. The van der Waals surface area contributed by atoms with Gasteiger partial charge in [0.1, 0.15) is 23.7 Å². The summed E-state index contributed by atoms with van der Waals surface area (Å²) in [4.78, 5) is 63.4. The number of rotatable bonds is 8. The predicted molar refractivity (Wildman–Crippen MR) is 192 cm³/mol. The van der Waals surface area contributed by atoms with E-state index in [1.165, 1.54) is 31.1 Å². The Kier molecular flexibility index (Phi) is 10.8. The van der Waals surface area contributed by atoms with Gasteiger partial charge in [0, 0.05) is 24.5 Å². The monoisotopic (exact) mass is 810 g/mol. The van der Waals surface area contributed by atoms with Gasteiger partial charge in [-0.05, 0) is 57.3 Å². The first kappa shape index (κ1) is 40.8. The Bertz CT molecular complexity index is 2060. The zero-order valence-corrected chi connectivity index (χ0v) is 32.3. The molecule has 2 aliphatic heterocycles. The quantitative estimate of drug-likeness (QED) is 0.282. The van der Waals surface area contributed by atoms with Crippen LogP contribution >= 0.6 is 0 Å². The van der Waals surface area contributed by atoms with Crippen LogP contribution in [0.5, 0.6) is 17.4 Å². The molecule has 2 unspecified atom stereocenters. The fraction of sp³-hybridized carbons (Fsp3) is 0.611. The van der Waals surface area contributed by atoms with Crippen LogP contribution in [0.1, 0.15) is 71.4 Å². The van der Waals surface area contributed by atoms with Crippen molar-refractivity contribution in [3.05, 3.63) is 30.0 Å². The van der Waals surface area contributed by atoms with Crippen LogP contribution in [0.2, 0.25) is 0 Å². The van der Waals surface area contributed by atoms with Gasteiger partial charge in [-0.25, -0.2) is 23.2 Å². The van der Waals surface area contributed by atoms with Crippen molar-refractivity contribution in [2.24, 2.45) is 17.8 Å². The van der Waals surface area contributed by atoms with E-state index >= 15 is 0 Å². The van der Waals surface area contributed by atoms with E-state index in [0.717, 1.165) is 7.11 Å². The molecule has 2 aliphatic carbocycles. The summed E-state index contributed by atoms with van der Waals surface area (Å²) >= 11 is 0. The molecule has 306 valence electrons. The Morgan fingerprint density at radius 2 is 1.73 bits per heavy atom. The van der Waals surface area contributed by atoms with E-state index in [1.54, 1.807) is 13.0 Å². The van der Waals surface area contributed by atoms with Crippen LogP contribution in [-0.4, -0.2) is 101 Å². The van der Waals surface area contributed by atoms with Crippen molar-refractivity contribution in [3.8, 4) is 17.4 Å². The highest BCUT2D eigenvalue weighted by atomic mass is 32.2. The van der Waals surface area contributed by atoms with Gasteiger partial charge < -0.3 is 34.9 Å². The van der Waals surface area contributed by atoms with E-state index in [4.69, 9.17) is 14.2 Å². The predicted octanol–water partition coefficient (Wildman–Crippen LogP) is 3.54. The van der Waals surface area contributed by atoms with Gasteiger partial charge in [-0.1, -0.05) is 26.0 Å². The van der Waals surface area contributed by atoms with E-state index < -0.39 is 91.9 Å². The number of aromatic nitrogens is 2. The van der Waals surface area contributed by atoms with Crippen molar-refractivity contribution >= 4 is 44.9 Å². The van der Waals surface area contributed by atoms with Crippen molar-refractivity contribution < 1.29 is 60.1 Å². The summed E-state index contributed by atoms with van der Waals surface area (Å²) in [6, 6.07) is -0.136. The lowest BCUT2D eigenvalue weighted by Crippen LogP contribution is -2.59. The summed E-state index contributed by atoms with van der Waals surface area (Å²) in [5, 5.41) is 14.8. The molecule has 16 nitrogen and oxygen atoms in total. The fourth-order valence-corrected chi connectivity index (χ4v) is 8.85. The van der Waals surface area contributed by atoms with Crippen molar-refractivity contribution in [2.45, 2.75) is 100 Å². The van der Waals surface area contributed by atoms with Gasteiger partial charge in [0.05, 0.1) is 36.5 Å². The molecule has 1 aromatic heterocycles. The van der Waals surface area contributed by atoms with Crippen molar-refractivity contribution in [1.29, 1.82) is 0 Å². The molecule has 0 spiro atoms. The molecule has 4 N–H and O–H groups in total. The Balaban J connectivity index is 1.36. The summed E-state index contributed by atoms with van der Waals surface area (Å²) in [6.07, 6.45) is -1.28. The number of nitrogens with zero attached hydrogens (tertiary/aromatic N) is 3. The van der Waals surface area contributed by atoms with Gasteiger partial charge in [-0.2, -0.15) is 13.2 Å². The average Bonchev–Trinajstić information content (AvgIpc) is 4.00. The van der Waals surface area contributed by atoms with Gasteiger partial charge in [0.2, 0.25) is 33.4 Å². The maximum atomic E-state index is 14.4. The first-order valence-electron chi connectivity index (χ1n) is 18.2. The van der Waals surface area contributed by atoms with E-state index in [0.29, 0.717) is 32.1 Å². The number of alkyl halides is 3. The number of hydrogen-bond acceptors (Lipinski definition) is 11. The van der Waals surface area contributed by atoms with E-state index in [-0.39, 0.29) is 47.8 Å². The number of amides is 4. The summed E-state index contributed by atoms with van der Waals surface area (Å²) in [7, 11) is -1.81. The van der Waals surface area contributed by atoms with Gasteiger partial charge in [0.15, 0.2) is 11.5 Å². The molecule has 4 aliphatic rings. The number of nitrogens with one attached hydrogen (secondary N) is 3. The van der Waals surface area contributed by atoms with Crippen molar-refractivity contribution in [2.75, 3.05) is 20.8 Å². The molecule has 20 heteroatoms. The Morgan fingerprint density at radius 1 is 1.05 bits per heavy atom. The molecule has 2 saturated carbocycles. The molecule has 3 fully saturated rings. The molecule has 2 aromatic rings. The average molecular weight is 811 g/mol. The van der Waals surface area contributed by atoms with Crippen molar-refractivity contribution in [1.82, 2.24) is 30.2 Å². The van der Waals surface area contributed by atoms with Crippen LogP contribution in [0.3, 0.4) is 0 Å². The number of hydrogen-bond donors (Lipinski definition) is 4. The topological polar surface area (TPSA) is 215 Å². The number of carbonyl (C=O) groups is 4. The Morgan fingerprint density at radius 3 is 2.36 bits per heavy atom. The molecule has 1 saturated heterocycles. The second kappa shape index (κ2) is 14.9. The number of methoxy groups -OCH3 is 2. The maximum absolute atomic E-state index is 14.4. The van der Waals surface area contributed by atoms with Crippen LogP contribution in [0.25, 0.3) is 11.0 Å². The molecule has 7 atom stereocenters. The Hall–Kier alpha value is -4.88. The lowest BCUT2D eigenvalue weighted by Gasteiger charge is -2.32. The molecule has 6 rings (SSSR count). The van der Waals surface area contributed by atoms with Gasteiger partial charge in [-0.3, -0.25) is 19.1 Å². The SMILES string of the molecule is COc1cc2nc(C(F)(F)F)c(OC)nc2cc1O[C@@H]1C[C@H]2C(=O)NC3(C(=O)NS(=O)(=O)C4(C)CC4)CC3/C=C\CC[C@@H](C)C[C@@H](C)[C@H](NC(=O)O)C(=O)N2C1. The number of carbonyl (C=O) groups excluding carboxylic acids is 3. The Labute approximate surface area is 321 Å². The van der Waals surface area contributed by atoms with E-state index in [2.05, 4.69) is 25.3 Å². The first-order chi connectivity index (χ1) is 26.2. The third-order valence-electron chi connectivity index (χ3n) is 11.2. The number of sulfonamides is 1. The minimum Gasteiger partial charge on any atom is -0.493 e. The van der Waals surface area contributed by atoms with Crippen LogP contribution < -0.4 is 29.6 Å². The largest absolute Gasteiger partial charge is 0.493 e. The number of carboxylic acid groups (broad SMARTS) is 1. The van der Waals surface area contributed by atoms with Gasteiger partial charge in [0.25, 0.3) is 5.91 Å². The number of ether oxygens (including phenoxy) is 3. The van der Waals surface area contributed by atoms with Crippen LogP contribution in [-0.2, 0) is 30.6 Å².